The van der Waals surface area contributed by atoms with E-state index in [0.717, 1.165) is 26.2 Å². The monoisotopic (exact) mass is 319 g/mol. The number of likely N-dealkylation sites (N-methyl/N-ethyl adjacent to an activating group) is 1. The average molecular weight is 319 g/mol. The van der Waals surface area contributed by atoms with E-state index < -0.39 is 0 Å². The Morgan fingerprint density at radius 2 is 2.17 bits per heavy atom. The summed E-state index contributed by atoms with van der Waals surface area (Å²) in [4.78, 5) is 14.4. The molecule has 1 unspecified atom stereocenters. The van der Waals surface area contributed by atoms with Gasteiger partial charge in [0.25, 0.3) is 0 Å². The molecule has 128 valence electrons. The van der Waals surface area contributed by atoms with E-state index in [-0.39, 0.29) is 12.0 Å². The molecule has 23 heavy (non-hydrogen) atoms. The fraction of sp³-hybridized carbons (Fsp3) is 0.611. The van der Waals surface area contributed by atoms with Crippen molar-refractivity contribution < 1.29 is 9.53 Å². The number of rotatable bonds is 8. The number of benzene rings is 1. The zero-order chi connectivity index (χ0) is 16.5. The molecule has 1 aliphatic rings. The number of amides is 1. The van der Waals surface area contributed by atoms with Gasteiger partial charge < -0.3 is 15.4 Å². The summed E-state index contributed by atoms with van der Waals surface area (Å²) >= 11 is 0. The normalized spacial score (nSPS) is 20.2. The SMILES string of the molecule is CCN[C@H](C)CNC(=O)CC1CN(Cc2ccccc2)CCO1. The molecule has 0 saturated carbocycles. The fourth-order valence-corrected chi connectivity index (χ4v) is 2.86. The molecule has 5 heteroatoms. The van der Waals surface area contributed by atoms with E-state index in [2.05, 4.69) is 53.6 Å². The highest BCUT2D eigenvalue weighted by molar-refractivity contribution is 5.76. The number of nitrogens with one attached hydrogen (secondary N) is 2. The quantitative estimate of drug-likeness (QED) is 0.760. The van der Waals surface area contributed by atoms with E-state index in [4.69, 9.17) is 4.74 Å². The van der Waals surface area contributed by atoms with Gasteiger partial charge in [0.1, 0.15) is 0 Å². The van der Waals surface area contributed by atoms with Gasteiger partial charge in [-0.1, -0.05) is 37.3 Å². The lowest BCUT2D eigenvalue weighted by molar-refractivity contribution is -0.126. The van der Waals surface area contributed by atoms with E-state index in [1.54, 1.807) is 0 Å². The van der Waals surface area contributed by atoms with Crippen molar-refractivity contribution in [1.82, 2.24) is 15.5 Å². The van der Waals surface area contributed by atoms with Crippen molar-refractivity contribution in [3.8, 4) is 0 Å². The summed E-state index contributed by atoms with van der Waals surface area (Å²) in [6.07, 6.45) is 0.423. The Morgan fingerprint density at radius 3 is 2.91 bits per heavy atom. The summed E-state index contributed by atoms with van der Waals surface area (Å²) in [5, 5.41) is 6.26. The maximum Gasteiger partial charge on any atom is 0.222 e. The molecule has 2 rings (SSSR count). The molecule has 2 atom stereocenters. The van der Waals surface area contributed by atoms with E-state index in [0.29, 0.717) is 25.6 Å². The molecule has 1 aromatic rings. The number of morpholine rings is 1. The van der Waals surface area contributed by atoms with E-state index in [1.807, 2.05) is 6.07 Å². The van der Waals surface area contributed by atoms with Gasteiger partial charge in [-0.15, -0.1) is 0 Å². The maximum absolute atomic E-state index is 12.0. The van der Waals surface area contributed by atoms with Gasteiger partial charge in [0, 0.05) is 32.2 Å². The third-order valence-corrected chi connectivity index (χ3v) is 4.04. The largest absolute Gasteiger partial charge is 0.375 e. The van der Waals surface area contributed by atoms with Crippen molar-refractivity contribution in [3.05, 3.63) is 35.9 Å². The lowest BCUT2D eigenvalue weighted by Gasteiger charge is -2.32. The van der Waals surface area contributed by atoms with Crippen molar-refractivity contribution >= 4 is 5.91 Å². The van der Waals surface area contributed by atoms with Crippen molar-refractivity contribution in [1.29, 1.82) is 0 Å². The van der Waals surface area contributed by atoms with Crippen LogP contribution in [0.3, 0.4) is 0 Å². The zero-order valence-corrected chi connectivity index (χ0v) is 14.3. The lowest BCUT2D eigenvalue weighted by atomic mass is 10.1. The summed E-state index contributed by atoms with van der Waals surface area (Å²) in [5.41, 5.74) is 1.30. The molecule has 1 saturated heterocycles. The van der Waals surface area contributed by atoms with Gasteiger partial charge in [-0.25, -0.2) is 0 Å². The molecule has 0 aliphatic carbocycles. The van der Waals surface area contributed by atoms with Crippen molar-refractivity contribution in [2.45, 2.75) is 39.0 Å². The highest BCUT2D eigenvalue weighted by Crippen LogP contribution is 2.12. The van der Waals surface area contributed by atoms with Crippen LogP contribution in [0.1, 0.15) is 25.8 Å². The van der Waals surface area contributed by atoms with Gasteiger partial charge in [-0.2, -0.15) is 0 Å². The molecule has 0 radical (unpaired) electrons. The van der Waals surface area contributed by atoms with Crippen LogP contribution in [0.4, 0.5) is 0 Å². The Bertz CT molecular complexity index is 467. The predicted molar refractivity (Wildman–Crippen MR) is 92.2 cm³/mol. The van der Waals surface area contributed by atoms with E-state index in [1.165, 1.54) is 5.56 Å². The minimum atomic E-state index is -0.0121. The number of nitrogens with zero attached hydrogens (tertiary/aromatic N) is 1. The summed E-state index contributed by atoms with van der Waals surface area (Å²) in [6.45, 7) is 9.05. The summed E-state index contributed by atoms with van der Waals surface area (Å²) in [6, 6.07) is 10.7. The zero-order valence-electron chi connectivity index (χ0n) is 14.3. The molecule has 1 aliphatic heterocycles. The number of hydrogen-bond donors (Lipinski definition) is 2. The second-order valence-corrected chi connectivity index (χ2v) is 6.18. The molecule has 0 bridgehead atoms. The fourth-order valence-electron chi connectivity index (χ4n) is 2.86. The van der Waals surface area contributed by atoms with Crippen LogP contribution in [0, 0.1) is 0 Å². The van der Waals surface area contributed by atoms with Crippen LogP contribution in [-0.4, -0.2) is 55.7 Å². The number of hydrogen-bond acceptors (Lipinski definition) is 4. The van der Waals surface area contributed by atoms with Gasteiger partial charge in [-0.05, 0) is 19.0 Å². The predicted octanol–water partition coefficient (Wildman–Crippen LogP) is 1.39. The molecule has 1 aromatic carbocycles. The van der Waals surface area contributed by atoms with Gasteiger partial charge in [0.05, 0.1) is 19.1 Å². The molecule has 1 heterocycles. The van der Waals surface area contributed by atoms with Gasteiger partial charge in [0.2, 0.25) is 5.91 Å². The Kier molecular flexibility index (Phi) is 7.52. The van der Waals surface area contributed by atoms with Gasteiger partial charge >= 0.3 is 0 Å². The smallest absolute Gasteiger partial charge is 0.222 e. The van der Waals surface area contributed by atoms with Gasteiger partial charge in [-0.3, -0.25) is 9.69 Å². The van der Waals surface area contributed by atoms with Crippen molar-refractivity contribution in [3.63, 3.8) is 0 Å². The highest BCUT2D eigenvalue weighted by atomic mass is 16.5. The summed E-state index contributed by atoms with van der Waals surface area (Å²) in [7, 11) is 0. The molecule has 1 amide bonds. The molecule has 0 spiro atoms. The van der Waals surface area contributed by atoms with Crippen LogP contribution in [-0.2, 0) is 16.1 Å². The van der Waals surface area contributed by atoms with Crippen LogP contribution >= 0.6 is 0 Å². The molecular formula is C18H29N3O2. The van der Waals surface area contributed by atoms with Crippen molar-refractivity contribution in [2.24, 2.45) is 0 Å². The Labute approximate surface area is 139 Å². The van der Waals surface area contributed by atoms with Gasteiger partial charge in [0.15, 0.2) is 0 Å². The standard InChI is InChI=1S/C18H29N3O2/c1-3-19-15(2)12-20-18(22)11-17-14-21(9-10-23-17)13-16-7-5-4-6-8-16/h4-8,15,17,19H,3,9-14H2,1-2H3,(H,20,22)/t15-,17?/m1/s1. The van der Waals surface area contributed by atoms with Crippen LogP contribution in [0.5, 0.6) is 0 Å². The second-order valence-electron chi connectivity index (χ2n) is 6.18. The second kappa shape index (κ2) is 9.65. The topological polar surface area (TPSA) is 53.6 Å². The number of carbonyl (C=O) groups excluding carboxylic acids is 1. The van der Waals surface area contributed by atoms with Crippen LogP contribution in [0.15, 0.2) is 30.3 Å². The Hall–Kier alpha value is -1.43. The first kappa shape index (κ1) is 17.9. The van der Waals surface area contributed by atoms with Crippen LogP contribution < -0.4 is 10.6 Å². The molecule has 1 fully saturated rings. The average Bonchev–Trinajstić information content (AvgIpc) is 2.55. The van der Waals surface area contributed by atoms with Crippen LogP contribution in [0.25, 0.3) is 0 Å². The molecule has 5 nitrogen and oxygen atoms in total. The first-order chi connectivity index (χ1) is 11.2. The molecule has 0 aromatic heterocycles. The third-order valence-electron chi connectivity index (χ3n) is 4.04. The first-order valence-electron chi connectivity index (χ1n) is 8.55. The minimum Gasteiger partial charge on any atom is -0.375 e. The maximum atomic E-state index is 12.0. The van der Waals surface area contributed by atoms with Crippen molar-refractivity contribution in [2.75, 3.05) is 32.8 Å². The first-order valence-corrected chi connectivity index (χ1v) is 8.55. The number of carbonyl (C=O) groups is 1. The van der Waals surface area contributed by atoms with E-state index >= 15 is 0 Å². The minimum absolute atomic E-state index is 0.0121. The van der Waals surface area contributed by atoms with Crippen LogP contribution in [0.2, 0.25) is 0 Å². The van der Waals surface area contributed by atoms with E-state index in [9.17, 15) is 4.79 Å². The summed E-state index contributed by atoms with van der Waals surface area (Å²) < 4.78 is 5.75. The summed E-state index contributed by atoms with van der Waals surface area (Å²) in [5.74, 6) is 0.0707. The molecular weight excluding hydrogens is 290 g/mol. The number of ether oxygens (including phenoxy) is 1. The highest BCUT2D eigenvalue weighted by Gasteiger charge is 2.23. The Morgan fingerprint density at radius 1 is 1.39 bits per heavy atom. The lowest BCUT2D eigenvalue weighted by Crippen LogP contribution is -2.45. The Balaban J connectivity index is 1.72. The third kappa shape index (κ3) is 6.69. The molecule has 2 N–H and O–H groups in total.